The molecule has 2 fully saturated rings. The number of esters is 1. The third-order valence-corrected chi connectivity index (χ3v) is 5.49. The van der Waals surface area contributed by atoms with E-state index < -0.39 is 0 Å². The first kappa shape index (κ1) is 20.2. The van der Waals surface area contributed by atoms with Crippen LogP contribution in [-0.2, 0) is 19.1 Å². The molecule has 1 heterocycles. The summed E-state index contributed by atoms with van der Waals surface area (Å²) in [6.45, 7) is 5.23. The molecule has 2 aliphatic rings. The van der Waals surface area contributed by atoms with Crippen molar-refractivity contribution in [1.82, 2.24) is 5.32 Å². The Labute approximate surface area is 152 Å². The third-order valence-electron chi connectivity index (χ3n) is 5.49. The summed E-state index contributed by atoms with van der Waals surface area (Å²) >= 11 is 0. The molecule has 1 saturated heterocycles. The number of carbonyl (C=O) groups is 2. The van der Waals surface area contributed by atoms with Crippen molar-refractivity contribution in [2.45, 2.75) is 109 Å². The second-order valence-electron chi connectivity index (χ2n) is 7.82. The molecule has 1 amide bonds. The highest BCUT2D eigenvalue weighted by molar-refractivity contribution is 5.73. The fourth-order valence-electron chi connectivity index (χ4n) is 4.49. The zero-order chi connectivity index (χ0) is 18.2. The van der Waals surface area contributed by atoms with Gasteiger partial charge in [-0.05, 0) is 38.0 Å². The normalized spacial score (nSPS) is 29.0. The minimum Gasteiger partial charge on any atom is -0.462 e. The summed E-state index contributed by atoms with van der Waals surface area (Å²) < 4.78 is 12.0. The van der Waals surface area contributed by atoms with E-state index in [1.54, 1.807) is 6.92 Å². The third kappa shape index (κ3) is 6.96. The highest BCUT2D eigenvalue weighted by atomic mass is 16.5. The van der Waals surface area contributed by atoms with Gasteiger partial charge in [0.2, 0.25) is 5.91 Å². The number of hydrogen-bond acceptors (Lipinski definition) is 4. The van der Waals surface area contributed by atoms with Crippen LogP contribution in [0.15, 0.2) is 0 Å². The second-order valence-corrected chi connectivity index (χ2v) is 7.82. The first-order valence-electron chi connectivity index (χ1n) is 10.1. The average molecular weight is 354 g/mol. The van der Waals surface area contributed by atoms with Crippen molar-refractivity contribution in [3.8, 4) is 0 Å². The van der Waals surface area contributed by atoms with Crippen molar-refractivity contribution < 1.29 is 19.1 Å². The molecule has 144 valence electrons. The molecule has 5 heteroatoms. The molecule has 0 aromatic carbocycles. The van der Waals surface area contributed by atoms with Crippen molar-refractivity contribution in [2.24, 2.45) is 5.92 Å². The Balaban J connectivity index is 2.00. The van der Waals surface area contributed by atoms with Crippen LogP contribution in [0.4, 0.5) is 0 Å². The lowest BCUT2D eigenvalue weighted by molar-refractivity contribution is -0.155. The van der Waals surface area contributed by atoms with Crippen LogP contribution in [0.5, 0.6) is 0 Å². The van der Waals surface area contributed by atoms with Crippen molar-refractivity contribution >= 4 is 11.9 Å². The van der Waals surface area contributed by atoms with Crippen LogP contribution in [0.2, 0.25) is 0 Å². The van der Waals surface area contributed by atoms with Crippen LogP contribution in [0, 0.1) is 5.92 Å². The molecule has 0 bridgehead atoms. The van der Waals surface area contributed by atoms with Crippen molar-refractivity contribution in [2.75, 3.05) is 0 Å². The van der Waals surface area contributed by atoms with E-state index >= 15 is 0 Å². The number of rotatable bonds is 7. The molecule has 0 aromatic heterocycles. The predicted octanol–water partition coefficient (Wildman–Crippen LogP) is 3.74. The maximum absolute atomic E-state index is 11.6. The summed E-state index contributed by atoms with van der Waals surface area (Å²) in [4.78, 5) is 23.1. The van der Waals surface area contributed by atoms with Crippen LogP contribution >= 0.6 is 0 Å². The molecule has 1 saturated carbocycles. The topological polar surface area (TPSA) is 64.6 Å². The summed E-state index contributed by atoms with van der Waals surface area (Å²) in [6.07, 6.45) is 10.7. The Bertz CT molecular complexity index is 433. The molecule has 1 N–H and O–H groups in total. The summed E-state index contributed by atoms with van der Waals surface area (Å²) in [7, 11) is 0. The van der Waals surface area contributed by atoms with Gasteiger partial charge in [-0.25, -0.2) is 0 Å². The first-order chi connectivity index (χ1) is 12.0. The molecule has 0 unspecified atom stereocenters. The lowest BCUT2D eigenvalue weighted by Gasteiger charge is -2.39. The minimum atomic E-state index is -0.199. The van der Waals surface area contributed by atoms with E-state index in [1.165, 1.54) is 26.2 Å². The second kappa shape index (κ2) is 10.1. The van der Waals surface area contributed by atoms with E-state index in [9.17, 15) is 9.59 Å². The summed E-state index contributed by atoms with van der Waals surface area (Å²) in [5, 5.41) is 3.07. The van der Waals surface area contributed by atoms with E-state index in [0.29, 0.717) is 5.92 Å². The van der Waals surface area contributed by atoms with E-state index in [-0.39, 0.29) is 36.2 Å². The van der Waals surface area contributed by atoms with Crippen LogP contribution in [0.1, 0.15) is 85.0 Å². The SMILES string of the molecule is CCC[C@H]1C[C@@H](NC(C)=O)C[C@@H](C[C@@H](OC(C)=O)C2CCCCC2)O1. The molecule has 25 heavy (non-hydrogen) atoms. The van der Waals surface area contributed by atoms with E-state index in [1.807, 2.05) is 0 Å². The molecule has 1 aliphatic heterocycles. The molecular weight excluding hydrogens is 318 g/mol. The Morgan fingerprint density at radius 1 is 1.12 bits per heavy atom. The van der Waals surface area contributed by atoms with E-state index in [4.69, 9.17) is 9.47 Å². The standard InChI is InChI=1S/C20H35NO4/c1-4-8-18-11-17(21-14(2)22)12-19(25-18)13-20(24-15(3)23)16-9-6-5-7-10-16/h16-20H,4-13H2,1-3H3,(H,21,22)/t17-,18+,19+,20-/m1/s1. The van der Waals surface area contributed by atoms with Crippen LogP contribution < -0.4 is 5.32 Å². The quantitative estimate of drug-likeness (QED) is 0.708. The van der Waals surface area contributed by atoms with Crippen LogP contribution in [0.3, 0.4) is 0 Å². The first-order valence-corrected chi connectivity index (χ1v) is 10.1. The summed E-state index contributed by atoms with van der Waals surface area (Å²) in [5.74, 6) is 0.270. The monoisotopic (exact) mass is 353 g/mol. The fraction of sp³-hybridized carbons (Fsp3) is 0.900. The van der Waals surface area contributed by atoms with Gasteiger partial charge in [0.05, 0.1) is 12.2 Å². The van der Waals surface area contributed by atoms with Gasteiger partial charge in [0.25, 0.3) is 0 Å². The van der Waals surface area contributed by atoms with Gasteiger partial charge in [-0.3, -0.25) is 9.59 Å². The highest BCUT2D eigenvalue weighted by Gasteiger charge is 2.34. The Hall–Kier alpha value is -1.10. The van der Waals surface area contributed by atoms with Gasteiger partial charge in [0.15, 0.2) is 0 Å². The van der Waals surface area contributed by atoms with Gasteiger partial charge in [-0.1, -0.05) is 32.6 Å². The van der Waals surface area contributed by atoms with Gasteiger partial charge in [-0.15, -0.1) is 0 Å². The number of carbonyl (C=O) groups excluding carboxylic acids is 2. The highest BCUT2D eigenvalue weighted by Crippen LogP contribution is 2.33. The number of ether oxygens (including phenoxy) is 2. The molecular formula is C20H35NO4. The van der Waals surface area contributed by atoms with Crippen LogP contribution in [-0.4, -0.2) is 36.2 Å². The van der Waals surface area contributed by atoms with Gasteiger partial charge in [0, 0.05) is 26.3 Å². The number of nitrogens with one attached hydrogen (secondary N) is 1. The lowest BCUT2D eigenvalue weighted by Crippen LogP contribution is -2.46. The van der Waals surface area contributed by atoms with Gasteiger partial charge in [-0.2, -0.15) is 0 Å². The van der Waals surface area contributed by atoms with Crippen molar-refractivity contribution in [1.29, 1.82) is 0 Å². The Kier molecular flexibility index (Phi) is 8.20. The zero-order valence-corrected chi connectivity index (χ0v) is 16.1. The molecule has 2 rings (SSSR count). The molecule has 0 spiro atoms. The van der Waals surface area contributed by atoms with Crippen molar-refractivity contribution in [3.63, 3.8) is 0 Å². The lowest BCUT2D eigenvalue weighted by atomic mass is 9.82. The molecule has 0 aromatic rings. The van der Waals surface area contributed by atoms with Gasteiger partial charge < -0.3 is 14.8 Å². The fourth-order valence-corrected chi connectivity index (χ4v) is 4.49. The molecule has 0 radical (unpaired) electrons. The predicted molar refractivity (Wildman–Crippen MR) is 97.2 cm³/mol. The molecule has 5 nitrogen and oxygen atoms in total. The Morgan fingerprint density at radius 2 is 1.80 bits per heavy atom. The van der Waals surface area contributed by atoms with Gasteiger partial charge >= 0.3 is 5.97 Å². The maximum atomic E-state index is 11.6. The minimum absolute atomic E-state index is 0.0183. The van der Waals surface area contributed by atoms with Gasteiger partial charge in [0.1, 0.15) is 6.10 Å². The Morgan fingerprint density at radius 3 is 2.40 bits per heavy atom. The van der Waals surface area contributed by atoms with E-state index in [0.717, 1.165) is 44.9 Å². The largest absolute Gasteiger partial charge is 0.462 e. The number of hydrogen-bond donors (Lipinski definition) is 1. The smallest absolute Gasteiger partial charge is 0.302 e. The average Bonchev–Trinajstić information content (AvgIpc) is 2.54. The summed E-state index contributed by atoms with van der Waals surface area (Å²) in [5.41, 5.74) is 0. The van der Waals surface area contributed by atoms with Crippen molar-refractivity contribution in [3.05, 3.63) is 0 Å². The number of amides is 1. The molecule has 1 aliphatic carbocycles. The zero-order valence-electron chi connectivity index (χ0n) is 16.1. The maximum Gasteiger partial charge on any atom is 0.302 e. The summed E-state index contributed by atoms with van der Waals surface area (Å²) in [6, 6.07) is 0.164. The molecule has 4 atom stereocenters. The van der Waals surface area contributed by atoms with Crippen LogP contribution in [0.25, 0.3) is 0 Å². The van der Waals surface area contributed by atoms with E-state index in [2.05, 4.69) is 12.2 Å².